The molecule has 0 amide bonds. The minimum atomic E-state index is -0.785. The van der Waals surface area contributed by atoms with E-state index in [1.54, 1.807) is 0 Å². The summed E-state index contributed by atoms with van der Waals surface area (Å²) in [5.74, 6) is -0.898. The van der Waals surface area contributed by atoms with Gasteiger partial charge < -0.3 is 14.2 Å². The van der Waals surface area contributed by atoms with Gasteiger partial charge in [-0.25, -0.2) is 0 Å². The Labute approximate surface area is 476 Å². The molecule has 0 fully saturated rings. The predicted octanol–water partition coefficient (Wildman–Crippen LogP) is 22.2. The molecule has 0 saturated carbocycles. The molecule has 0 N–H and O–H groups in total. The van der Waals surface area contributed by atoms with Crippen LogP contribution in [0.2, 0.25) is 0 Å². The first-order valence-electron chi connectivity index (χ1n) is 32.4. The molecule has 0 aliphatic rings. The number of esters is 3. The van der Waals surface area contributed by atoms with Crippen molar-refractivity contribution in [1.82, 2.24) is 0 Å². The molecule has 0 aliphatic heterocycles. The molecule has 0 radical (unpaired) electrons. The molecule has 0 bridgehead atoms. The quantitative estimate of drug-likeness (QED) is 0.0261. The SMILES string of the molecule is CC/C=C\C/C=C\C/C=C\C/C=C\C/C=C\C/C=C\C/C=C\CCCCCCCCCCCCCCCC(=O)OCC(COC(=O)CCCCCCC/C=C\CCC)OC(=O)CCCCCCC/C=C\CCCCCCC. The van der Waals surface area contributed by atoms with Crippen molar-refractivity contribution < 1.29 is 28.6 Å². The van der Waals surface area contributed by atoms with Gasteiger partial charge in [0.25, 0.3) is 0 Å². The van der Waals surface area contributed by atoms with E-state index in [1.807, 2.05) is 0 Å². The number of carbonyl (C=O) groups excluding carboxylic acids is 3. The minimum Gasteiger partial charge on any atom is -0.462 e. The lowest BCUT2D eigenvalue weighted by molar-refractivity contribution is -0.167. The zero-order valence-corrected chi connectivity index (χ0v) is 50.4. The van der Waals surface area contributed by atoms with Crippen LogP contribution in [-0.2, 0) is 28.6 Å². The summed E-state index contributed by atoms with van der Waals surface area (Å²) >= 11 is 0. The van der Waals surface area contributed by atoms with Gasteiger partial charge in [-0.3, -0.25) is 14.4 Å². The van der Waals surface area contributed by atoms with Crippen molar-refractivity contribution in [3.63, 3.8) is 0 Å². The topological polar surface area (TPSA) is 78.9 Å². The summed E-state index contributed by atoms with van der Waals surface area (Å²) < 4.78 is 16.8. The Morgan fingerprint density at radius 3 is 0.857 bits per heavy atom. The number of rotatable bonds is 58. The lowest BCUT2D eigenvalue weighted by atomic mass is 10.0. The third-order valence-corrected chi connectivity index (χ3v) is 13.7. The van der Waals surface area contributed by atoms with E-state index < -0.39 is 6.10 Å². The molecule has 0 aliphatic carbocycles. The molecule has 6 heteroatoms. The lowest BCUT2D eigenvalue weighted by Gasteiger charge is -2.18. The fourth-order valence-corrected chi connectivity index (χ4v) is 8.89. The smallest absolute Gasteiger partial charge is 0.306 e. The zero-order chi connectivity index (χ0) is 55.7. The average molecular weight is 1070 g/mol. The van der Waals surface area contributed by atoms with Crippen LogP contribution in [0.15, 0.2) is 109 Å². The highest BCUT2D eigenvalue weighted by atomic mass is 16.6. The van der Waals surface area contributed by atoms with Gasteiger partial charge in [0.1, 0.15) is 13.2 Å². The Morgan fingerprint density at radius 1 is 0.273 bits per heavy atom. The van der Waals surface area contributed by atoms with Gasteiger partial charge in [0.2, 0.25) is 0 Å². The molecule has 1 atom stereocenters. The van der Waals surface area contributed by atoms with Crippen molar-refractivity contribution in [3.05, 3.63) is 109 Å². The minimum absolute atomic E-state index is 0.0829. The third-order valence-electron chi connectivity index (χ3n) is 13.7. The van der Waals surface area contributed by atoms with Crippen LogP contribution in [0.5, 0.6) is 0 Å². The van der Waals surface area contributed by atoms with Gasteiger partial charge in [-0.1, -0.05) is 271 Å². The van der Waals surface area contributed by atoms with Gasteiger partial charge in [0.15, 0.2) is 6.10 Å². The first-order chi connectivity index (χ1) is 38.0. The van der Waals surface area contributed by atoms with E-state index in [4.69, 9.17) is 14.2 Å². The normalized spacial score (nSPS) is 12.8. The van der Waals surface area contributed by atoms with Crippen molar-refractivity contribution in [1.29, 1.82) is 0 Å². The number of unbranched alkanes of at least 4 members (excludes halogenated alkanes) is 29. The van der Waals surface area contributed by atoms with Crippen LogP contribution < -0.4 is 0 Å². The number of hydrogen-bond donors (Lipinski definition) is 0. The molecule has 0 spiro atoms. The summed E-state index contributed by atoms with van der Waals surface area (Å²) in [6, 6.07) is 0. The Hall–Kier alpha value is -3.93. The molecule has 0 heterocycles. The molecule has 0 aromatic rings. The highest BCUT2D eigenvalue weighted by Crippen LogP contribution is 2.16. The molecule has 0 aromatic carbocycles. The Kier molecular flexibility index (Phi) is 61.3. The van der Waals surface area contributed by atoms with E-state index in [2.05, 4.69) is 130 Å². The van der Waals surface area contributed by atoms with Crippen molar-refractivity contribution in [2.45, 2.75) is 309 Å². The van der Waals surface area contributed by atoms with Gasteiger partial charge in [-0.15, -0.1) is 0 Å². The third kappa shape index (κ3) is 62.8. The highest BCUT2D eigenvalue weighted by molar-refractivity contribution is 5.71. The summed E-state index contributed by atoms with van der Waals surface area (Å²) in [4.78, 5) is 38.1. The number of allylic oxidation sites excluding steroid dienone is 18. The first kappa shape index (κ1) is 73.1. The molecule has 77 heavy (non-hydrogen) atoms. The van der Waals surface area contributed by atoms with Gasteiger partial charge >= 0.3 is 17.9 Å². The molecule has 0 rings (SSSR count). The lowest BCUT2D eigenvalue weighted by Crippen LogP contribution is -2.30. The standard InChI is InChI=1S/C71H120O6/c1-4-7-10-13-16-19-22-24-26-27-28-29-30-31-32-33-34-35-36-37-38-39-40-41-42-43-44-45-46-48-49-52-55-58-61-64-70(73)76-67-68(66-75-69(72)63-60-57-54-51-21-18-15-12-9-6-3)77-71(74)65-62-59-56-53-50-47-25-23-20-17-14-11-8-5-2/h7,10,12,15-16,19,23-26,28-29,31-32,34-35,37-38,68H,4-6,8-9,11,13-14,17-18,20-22,27,30,33,36,39-67H2,1-3H3/b10-7-,15-12-,19-16-,25-23-,26-24-,29-28-,32-31-,35-34-,38-37-. The summed E-state index contributed by atoms with van der Waals surface area (Å²) in [7, 11) is 0. The Balaban J connectivity index is 4.11. The van der Waals surface area contributed by atoms with E-state index in [1.165, 1.54) is 135 Å². The second-order valence-corrected chi connectivity index (χ2v) is 21.3. The maximum atomic E-state index is 12.8. The predicted molar refractivity (Wildman–Crippen MR) is 334 cm³/mol. The maximum absolute atomic E-state index is 12.8. The number of hydrogen-bond acceptors (Lipinski definition) is 6. The van der Waals surface area contributed by atoms with E-state index in [-0.39, 0.29) is 31.1 Å². The first-order valence-corrected chi connectivity index (χ1v) is 32.4. The fourth-order valence-electron chi connectivity index (χ4n) is 8.89. The molecule has 0 saturated heterocycles. The fraction of sp³-hybridized carbons (Fsp3) is 0.704. The van der Waals surface area contributed by atoms with Gasteiger partial charge in [-0.05, 0) is 122 Å². The van der Waals surface area contributed by atoms with Crippen molar-refractivity contribution in [2.24, 2.45) is 0 Å². The maximum Gasteiger partial charge on any atom is 0.306 e. The number of ether oxygens (including phenoxy) is 3. The van der Waals surface area contributed by atoms with Crippen LogP contribution in [0, 0.1) is 0 Å². The molecule has 440 valence electrons. The van der Waals surface area contributed by atoms with E-state index in [9.17, 15) is 14.4 Å². The van der Waals surface area contributed by atoms with Gasteiger partial charge in [-0.2, -0.15) is 0 Å². The Bertz CT molecular complexity index is 1560. The monoisotopic (exact) mass is 1070 g/mol. The largest absolute Gasteiger partial charge is 0.462 e. The second kappa shape index (κ2) is 64.6. The van der Waals surface area contributed by atoms with Crippen molar-refractivity contribution in [2.75, 3.05) is 13.2 Å². The summed E-state index contributed by atoms with van der Waals surface area (Å²) in [6.07, 6.45) is 88.3. The van der Waals surface area contributed by atoms with E-state index in [0.717, 1.165) is 128 Å². The van der Waals surface area contributed by atoms with Gasteiger partial charge in [0, 0.05) is 19.3 Å². The van der Waals surface area contributed by atoms with Crippen LogP contribution in [-0.4, -0.2) is 37.2 Å². The second-order valence-electron chi connectivity index (χ2n) is 21.3. The van der Waals surface area contributed by atoms with Crippen LogP contribution in [0.1, 0.15) is 303 Å². The van der Waals surface area contributed by atoms with Crippen LogP contribution in [0.4, 0.5) is 0 Å². The van der Waals surface area contributed by atoms with Crippen molar-refractivity contribution >= 4 is 17.9 Å². The van der Waals surface area contributed by atoms with Crippen LogP contribution in [0.25, 0.3) is 0 Å². The molecule has 1 unspecified atom stereocenters. The molecule has 0 aromatic heterocycles. The zero-order valence-electron chi connectivity index (χ0n) is 50.4. The summed E-state index contributed by atoms with van der Waals surface area (Å²) in [6.45, 7) is 6.45. The van der Waals surface area contributed by atoms with Crippen molar-refractivity contribution in [3.8, 4) is 0 Å². The van der Waals surface area contributed by atoms with E-state index >= 15 is 0 Å². The average Bonchev–Trinajstić information content (AvgIpc) is 3.43. The number of carbonyl (C=O) groups is 3. The summed E-state index contributed by atoms with van der Waals surface area (Å²) in [5, 5.41) is 0. The Morgan fingerprint density at radius 2 is 0.532 bits per heavy atom. The van der Waals surface area contributed by atoms with E-state index in [0.29, 0.717) is 19.3 Å². The molecule has 6 nitrogen and oxygen atoms in total. The van der Waals surface area contributed by atoms with Crippen LogP contribution in [0.3, 0.4) is 0 Å². The summed E-state index contributed by atoms with van der Waals surface area (Å²) in [5.41, 5.74) is 0. The highest BCUT2D eigenvalue weighted by Gasteiger charge is 2.19. The van der Waals surface area contributed by atoms with Gasteiger partial charge in [0.05, 0.1) is 0 Å². The molecular weight excluding hydrogens is 949 g/mol. The molecular formula is C71H120O6. The van der Waals surface area contributed by atoms with Crippen LogP contribution >= 0.6 is 0 Å².